The summed E-state index contributed by atoms with van der Waals surface area (Å²) in [5, 5.41) is 8.96. The van der Waals surface area contributed by atoms with E-state index in [4.69, 9.17) is 15.6 Å². The van der Waals surface area contributed by atoms with E-state index in [9.17, 15) is 4.79 Å². The lowest BCUT2D eigenvalue weighted by molar-refractivity contribution is -0.141. The van der Waals surface area contributed by atoms with Crippen LogP contribution >= 0.6 is 0 Å². The number of carboxylic acid groups (broad SMARTS) is 1. The highest BCUT2D eigenvalue weighted by molar-refractivity contribution is 5.69. The van der Waals surface area contributed by atoms with Crippen molar-refractivity contribution in [2.45, 2.75) is 40.2 Å². The zero-order valence-corrected chi connectivity index (χ0v) is 12.3. The number of rotatable bonds is 5. The lowest BCUT2D eigenvalue weighted by atomic mass is 9.90. The first kappa shape index (κ1) is 15.5. The van der Waals surface area contributed by atoms with E-state index >= 15 is 0 Å². The van der Waals surface area contributed by atoms with E-state index in [-0.39, 0.29) is 6.04 Å². The molecule has 1 rings (SSSR count). The third-order valence-electron chi connectivity index (χ3n) is 3.70. The molecular weight excluding hydrogens is 242 g/mol. The van der Waals surface area contributed by atoms with Crippen molar-refractivity contribution < 1.29 is 14.6 Å². The number of hydrogen-bond donors (Lipinski definition) is 2. The Balaban J connectivity index is 3.11. The van der Waals surface area contributed by atoms with Gasteiger partial charge in [0, 0.05) is 6.04 Å². The molecule has 1 aromatic rings. The fraction of sp³-hybridized carbons (Fsp3) is 0.533. The van der Waals surface area contributed by atoms with Crippen LogP contribution in [0.5, 0.6) is 5.75 Å². The van der Waals surface area contributed by atoms with Gasteiger partial charge in [0.1, 0.15) is 5.75 Å². The first-order chi connectivity index (χ1) is 8.79. The molecule has 0 spiro atoms. The van der Waals surface area contributed by atoms with Crippen LogP contribution < -0.4 is 10.5 Å². The van der Waals surface area contributed by atoms with E-state index < -0.39 is 11.9 Å². The minimum atomic E-state index is -0.810. The topological polar surface area (TPSA) is 72.5 Å². The first-order valence-electron chi connectivity index (χ1n) is 6.42. The van der Waals surface area contributed by atoms with Crippen LogP contribution in [0.15, 0.2) is 6.07 Å². The molecule has 0 bridgehead atoms. The number of methoxy groups -OCH3 is 1. The number of carboxylic acids is 1. The molecule has 0 aliphatic heterocycles. The lowest BCUT2D eigenvalue weighted by Gasteiger charge is -2.21. The average Bonchev–Trinajstić information content (AvgIpc) is 2.34. The lowest BCUT2D eigenvalue weighted by Crippen LogP contribution is -2.20. The van der Waals surface area contributed by atoms with Gasteiger partial charge in [-0.15, -0.1) is 0 Å². The Morgan fingerprint density at radius 2 is 1.95 bits per heavy atom. The third kappa shape index (κ3) is 3.26. The van der Waals surface area contributed by atoms with E-state index in [1.165, 1.54) is 0 Å². The highest BCUT2D eigenvalue weighted by atomic mass is 16.5. The molecule has 4 nitrogen and oxygen atoms in total. The summed E-state index contributed by atoms with van der Waals surface area (Å²) in [4.78, 5) is 10.9. The molecule has 0 aliphatic carbocycles. The second-order valence-corrected chi connectivity index (χ2v) is 5.15. The predicted molar refractivity (Wildman–Crippen MR) is 75.6 cm³/mol. The monoisotopic (exact) mass is 265 g/mol. The molecular formula is C15H23NO3. The number of ether oxygens (including phenoxy) is 1. The van der Waals surface area contributed by atoms with Gasteiger partial charge < -0.3 is 15.6 Å². The summed E-state index contributed by atoms with van der Waals surface area (Å²) in [5.41, 5.74) is 10.3. The maximum atomic E-state index is 10.9. The van der Waals surface area contributed by atoms with Crippen molar-refractivity contribution in [3.8, 4) is 5.75 Å². The minimum Gasteiger partial charge on any atom is -0.496 e. The second-order valence-electron chi connectivity index (χ2n) is 5.15. The van der Waals surface area contributed by atoms with Crippen LogP contribution in [-0.2, 0) is 4.79 Å². The summed E-state index contributed by atoms with van der Waals surface area (Å²) >= 11 is 0. The van der Waals surface area contributed by atoms with Crippen molar-refractivity contribution in [1.82, 2.24) is 0 Å². The van der Waals surface area contributed by atoms with Crippen molar-refractivity contribution in [2.24, 2.45) is 11.7 Å². The standard InChI is InChI=1S/C15H23NO3/c1-8-6-12(10(3)11(4)14(8)19-5)13(16)7-9(2)15(17)18/h6,9,13H,7,16H2,1-5H3,(H,17,18). The summed E-state index contributed by atoms with van der Waals surface area (Å²) in [6, 6.07) is 1.73. The number of carbonyl (C=O) groups is 1. The van der Waals surface area contributed by atoms with Crippen LogP contribution in [0.1, 0.15) is 41.6 Å². The SMILES string of the molecule is COc1c(C)cc(C(N)CC(C)C(=O)O)c(C)c1C. The average molecular weight is 265 g/mol. The Bertz CT molecular complexity index is 483. The molecule has 2 atom stereocenters. The number of aliphatic carboxylic acids is 1. The second kappa shape index (κ2) is 6.06. The Labute approximate surface area is 114 Å². The smallest absolute Gasteiger partial charge is 0.306 e. The van der Waals surface area contributed by atoms with Crippen molar-refractivity contribution in [3.05, 3.63) is 28.3 Å². The Morgan fingerprint density at radius 3 is 2.42 bits per heavy atom. The molecule has 0 saturated heterocycles. The Morgan fingerprint density at radius 1 is 1.37 bits per heavy atom. The molecule has 0 aliphatic rings. The molecule has 1 aromatic carbocycles. The molecule has 4 heteroatoms. The molecule has 106 valence electrons. The van der Waals surface area contributed by atoms with Crippen LogP contribution in [0.3, 0.4) is 0 Å². The van der Waals surface area contributed by atoms with Gasteiger partial charge in [-0.3, -0.25) is 4.79 Å². The van der Waals surface area contributed by atoms with Crippen LogP contribution in [0.4, 0.5) is 0 Å². The summed E-state index contributed by atoms with van der Waals surface area (Å²) in [6.45, 7) is 7.65. The molecule has 0 heterocycles. The van der Waals surface area contributed by atoms with Crippen LogP contribution in [0, 0.1) is 26.7 Å². The van der Waals surface area contributed by atoms with Crippen molar-refractivity contribution in [1.29, 1.82) is 0 Å². The largest absolute Gasteiger partial charge is 0.496 e. The molecule has 3 N–H and O–H groups in total. The fourth-order valence-electron chi connectivity index (χ4n) is 2.40. The van der Waals surface area contributed by atoms with E-state index in [0.29, 0.717) is 6.42 Å². The summed E-state index contributed by atoms with van der Waals surface area (Å²) < 4.78 is 5.38. The van der Waals surface area contributed by atoms with Gasteiger partial charge >= 0.3 is 5.97 Å². The van der Waals surface area contributed by atoms with E-state index in [0.717, 1.165) is 28.0 Å². The summed E-state index contributed by atoms with van der Waals surface area (Å²) in [5.74, 6) is -0.382. The molecule has 0 aromatic heterocycles. The normalized spacial score (nSPS) is 14.0. The van der Waals surface area contributed by atoms with Gasteiger partial charge in [0.15, 0.2) is 0 Å². The highest BCUT2D eigenvalue weighted by Crippen LogP contribution is 2.32. The van der Waals surface area contributed by atoms with Crippen molar-refractivity contribution in [3.63, 3.8) is 0 Å². The predicted octanol–water partition coefficient (Wildman–Crippen LogP) is 2.73. The Kier molecular flexibility index (Phi) is 4.95. The minimum absolute atomic E-state index is 0.269. The van der Waals surface area contributed by atoms with E-state index in [1.54, 1.807) is 14.0 Å². The Hall–Kier alpha value is -1.55. The van der Waals surface area contributed by atoms with Gasteiger partial charge in [-0.2, -0.15) is 0 Å². The zero-order valence-electron chi connectivity index (χ0n) is 12.3. The van der Waals surface area contributed by atoms with E-state index in [1.807, 2.05) is 26.8 Å². The van der Waals surface area contributed by atoms with Gasteiger partial charge in [-0.25, -0.2) is 0 Å². The molecule has 0 saturated carbocycles. The van der Waals surface area contributed by atoms with Crippen molar-refractivity contribution in [2.75, 3.05) is 7.11 Å². The molecule has 0 fully saturated rings. The van der Waals surface area contributed by atoms with Crippen LogP contribution in [-0.4, -0.2) is 18.2 Å². The van der Waals surface area contributed by atoms with Crippen LogP contribution in [0.25, 0.3) is 0 Å². The molecule has 0 amide bonds. The van der Waals surface area contributed by atoms with Gasteiger partial charge in [0.05, 0.1) is 13.0 Å². The third-order valence-corrected chi connectivity index (χ3v) is 3.70. The summed E-state index contributed by atoms with van der Waals surface area (Å²) in [7, 11) is 1.65. The van der Waals surface area contributed by atoms with Gasteiger partial charge in [0.25, 0.3) is 0 Å². The molecule has 2 unspecified atom stereocenters. The summed E-state index contributed by atoms with van der Waals surface area (Å²) in [6.07, 6.45) is 0.432. The maximum Gasteiger partial charge on any atom is 0.306 e. The fourth-order valence-corrected chi connectivity index (χ4v) is 2.40. The number of benzene rings is 1. The zero-order chi connectivity index (χ0) is 14.7. The highest BCUT2D eigenvalue weighted by Gasteiger charge is 2.20. The van der Waals surface area contributed by atoms with Gasteiger partial charge in [0.2, 0.25) is 0 Å². The van der Waals surface area contributed by atoms with Crippen molar-refractivity contribution >= 4 is 5.97 Å². The quantitative estimate of drug-likeness (QED) is 0.858. The molecule has 19 heavy (non-hydrogen) atoms. The number of hydrogen-bond acceptors (Lipinski definition) is 3. The number of aryl methyl sites for hydroxylation is 1. The number of nitrogens with two attached hydrogens (primary N) is 1. The molecule has 0 radical (unpaired) electrons. The maximum absolute atomic E-state index is 10.9. The first-order valence-corrected chi connectivity index (χ1v) is 6.42. The van der Waals surface area contributed by atoms with Gasteiger partial charge in [-0.1, -0.05) is 13.0 Å². The van der Waals surface area contributed by atoms with Crippen LogP contribution in [0.2, 0.25) is 0 Å². The van der Waals surface area contributed by atoms with Gasteiger partial charge in [-0.05, 0) is 49.4 Å². The van der Waals surface area contributed by atoms with E-state index in [2.05, 4.69) is 0 Å².